The number of nitrogens with zero attached hydrogens (tertiary/aromatic N) is 1. The predicted molar refractivity (Wildman–Crippen MR) is 62.6 cm³/mol. The van der Waals surface area contributed by atoms with Crippen LogP contribution in [0.3, 0.4) is 0 Å². The number of benzene rings is 1. The van der Waals surface area contributed by atoms with Gasteiger partial charge in [0.1, 0.15) is 18.0 Å². The summed E-state index contributed by atoms with van der Waals surface area (Å²) in [6, 6.07) is 5.05. The van der Waals surface area contributed by atoms with Gasteiger partial charge in [0.15, 0.2) is 0 Å². The van der Waals surface area contributed by atoms with Gasteiger partial charge >= 0.3 is 0 Å². The number of aliphatic hydroxyl groups is 4. The van der Waals surface area contributed by atoms with Crippen LogP contribution in [0, 0.1) is 5.82 Å². The number of hydrogen-bond donors (Lipinski definition) is 4. The largest absolute Gasteiger partial charge is 0.394 e. The van der Waals surface area contributed by atoms with E-state index in [2.05, 4.69) is 0 Å². The Kier molecular flexibility index (Phi) is 3.82. The average molecular weight is 257 g/mol. The van der Waals surface area contributed by atoms with Crippen molar-refractivity contribution in [3.8, 4) is 0 Å². The lowest BCUT2D eigenvalue weighted by Gasteiger charge is -2.44. The molecule has 0 aromatic heterocycles. The third-order valence-corrected chi connectivity index (χ3v) is 3.27. The van der Waals surface area contributed by atoms with Crippen LogP contribution in [0.2, 0.25) is 0 Å². The Bertz CT molecular complexity index is 417. The molecule has 4 atom stereocenters. The van der Waals surface area contributed by atoms with E-state index in [1.165, 1.54) is 23.1 Å². The van der Waals surface area contributed by atoms with Gasteiger partial charge in [-0.25, -0.2) is 4.39 Å². The minimum atomic E-state index is -1.34. The van der Waals surface area contributed by atoms with Gasteiger partial charge in [-0.15, -0.1) is 0 Å². The van der Waals surface area contributed by atoms with Crippen molar-refractivity contribution in [2.45, 2.75) is 24.4 Å². The van der Waals surface area contributed by atoms with E-state index in [1.54, 1.807) is 6.07 Å². The van der Waals surface area contributed by atoms with Gasteiger partial charge in [0.25, 0.3) is 0 Å². The van der Waals surface area contributed by atoms with Gasteiger partial charge in [-0.3, -0.25) is 0 Å². The van der Waals surface area contributed by atoms with Crippen molar-refractivity contribution in [1.82, 2.24) is 0 Å². The predicted octanol–water partition coefficient (Wildman–Crippen LogP) is -0.911. The normalized spacial score (nSPS) is 32.6. The van der Waals surface area contributed by atoms with E-state index in [9.17, 15) is 24.8 Å². The second-order valence-corrected chi connectivity index (χ2v) is 4.40. The van der Waals surface area contributed by atoms with E-state index in [0.29, 0.717) is 0 Å². The number of anilines is 1. The van der Waals surface area contributed by atoms with Crippen LogP contribution in [-0.4, -0.2) is 57.9 Å². The summed E-state index contributed by atoms with van der Waals surface area (Å²) in [5, 5.41) is 38.2. The number of piperidine rings is 1. The Balaban J connectivity index is 2.34. The molecule has 1 fully saturated rings. The fourth-order valence-electron chi connectivity index (χ4n) is 2.25. The number of β-amino-alcohol motifs (C(OH)–C–C–N with tert-alkyl or cyclic N) is 1. The Morgan fingerprint density at radius 2 is 1.83 bits per heavy atom. The molecule has 0 aliphatic carbocycles. The van der Waals surface area contributed by atoms with Crippen LogP contribution in [0.15, 0.2) is 24.3 Å². The maximum atomic E-state index is 13.7. The molecule has 1 saturated heterocycles. The highest BCUT2D eigenvalue weighted by atomic mass is 19.1. The van der Waals surface area contributed by atoms with Crippen LogP contribution in [0.4, 0.5) is 10.1 Å². The molecule has 1 aromatic rings. The second-order valence-electron chi connectivity index (χ2n) is 4.40. The molecule has 0 bridgehead atoms. The maximum Gasteiger partial charge on any atom is 0.146 e. The zero-order chi connectivity index (χ0) is 13.3. The molecule has 0 radical (unpaired) electrons. The van der Waals surface area contributed by atoms with Crippen molar-refractivity contribution in [3.63, 3.8) is 0 Å². The fourth-order valence-corrected chi connectivity index (χ4v) is 2.25. The van der Waals surface area contributed by atoms with Crippen LogP contribution in [0.25, 0.3) is 0 Å². The maximum absolute atomic E-state index is 13.7. The number of halogens is 1. The number of hydrogen-bond acceptors (Lipinski definition) is 5. The molecule has 1 heterocycles. The molecule has 1 aliphatic rings. The van der Waals surface area contributed by atoms with Crippen LogP contribution in [0.1, 0.15) is 0 Å². The molecule has 0 unspecified atom stereocenters. The molecular weight excluding hydrogens is 241 g/mol. The van der Waals surface area contributed by atoms with Crippen LogP contribution >= 0.6 is 0 Å². The summed E-state index contributed by atoms with van der Waals surface area (Å²) in [4.78, 5) is 1.37. The molecule has 5 nitrogen and oxygen atoms in total. The first-order valence-electron chi connectivity index (χ1n) is 5.72. The summed E-state index contributed by atoms with van der Waals surface area (Å²) in [6.45, 7) is -0.496. The second kappa shape index (κ2) is 5.19. The van der Waals surface area contributed by atoms with Crippen LogP contribution in [-0.2, 0) is 0 Å². The first-order valence-corrected chi connectivity index (χ1v) is 5.72. The van der Waals surface area contributed by atoms with Crippen molar-refractivity contribution in [1.29, 1.82) is 0 Å². The first kappa shape index (κ1) is 13.2. The van der Waals surface area contributed by atoms with E-state index in [4.69, 9.17) is 0 Å². The van der Waals surface area contributed by atoms with E-state index in [1.807, 2.05) is 0 Å². The highest BCUT2D eigenvalue weighted by Crippen LogP contribution is 2.27. The van der Waals surface area contributed by atoms with E-state index in [0.717, 1.165) is 0 Å². The van der Waals surface area contributed by atoms with E-state index >= 15 is 0 Å². The lowest BCUT2D eigenvalue weighted by atomic mass is 9.93. The van der Waals surface area contributed by atoms with Gasteiger partial charge in [-0.1, -0.05) is 12.1 Å². The van der Waals surface area contributed by atoms with Gasteiger partial charge in [0, 0.05) is 6.54 Å². The molecule has 0 spiro atoms. The topological polar surface area (TPSA) is 84.2 Å². The standard InChI is InChI=1S/C12H16FNO4/c13-7-3-1-2-4-8(7)14-5-10(16)12(18)11(17)9(14)6-15/h1-4,9-12,15-18H,5-6H2/t9-,10+,11-,12-/m1/s1. The molecule has 1 aromatic carbocycles. The molecule has 4 N–H and O–H groups in total. The number of para-hydroxylation sites is 1. The minimum absolute atomic E-state index is 0.0512. The summed E-state index contributed by atoms with van der Waals surface area (Å²) in [7, 11) is 0. The van der Waals surface area contributed by atoms with Gasteiger partial charge in [-0.2, -0.15) is 0 Å². The molecular formula is C12H16FNO4. The summed E-state index contributed by atoms with van der Waals surface area (Å²) >= 11 is 0. The SMILES string of the molecule is OC[C@@H]1[C@@H](O)[C@H](O)[C@@H](O)CN1c1ccccc1F. The minimum Gasteiger partial charge on any atom is -0.394 e. The molecule has 6 heteroatoms. The molecule has 18 heavy (non-hydrogen) atoms. The summed E-state index contributed by atoms with van der Waals surface area (Å²) in [6.07, 6.45) is -3.87. The third kappa shape index (κ3) is 2.20. The molecule has 100 valence electrons. The van der Waals surface area contributed by atoms with Crippen molar-refractivity contribution >= 4 is 5.69 Å². The monoisotopic (exact) mass is 257 g/mol. The van der Waals surface area contributed by atoms with Crippen molar-refractivity contribution < 1.29 is 24.8 Å². The Morgan fingerprint density at radius 3 is 2.44 bits per heavy atom. The van der Waals surface area contributed by atoms with Gasteiger partial charge in [0.2, 0.25) is 0 Å². The Hall–Kier alpha value is -1.21. The smallest absolute Gasteiger partial charge is 0.146 e. The molecule has 1 aliphatic heterocycles. The van der Waals surface area contributed by atoms with Gasteiger partial charge in [-0.05, 0) is 12.1 Å². The Morgan fingerprint density at radius 1 is 1.17 bits per heavy atom. The van der Waals surface area contributed by atoms with E-state index in [-0.39, 0.29) is 12.2 Å². The molecule has 0 amide bonds. The fraction of sp³-hybridized carbons (Fsp3) is 0.500. The average Bonchev–Trinajstić information content (AvgIpc) is 2.36. The van der Waals surface area contributed by atoms with E-state index < -0.39 is 36.8 Å². The molecule has 2 rings (SSSR count). The number of rotatable bonds is 2. The highest BCUT2D eigenvalue weighted by molar-refractivity contribution is 5.50. The van der Waals surface area contributed by atoms with Gasteiger partial charge in [0.05, 0.1) is 24.4 Å². The summed E-state index contributed by atoms with van der Waals surface area (Å²) in [5.74, 6) is -0.508. The van der Waals surface area contributed by atoms with Crippen molar-refractivity contribution in [2.75, 3.05) is 18.1 Å². The molecule has 0 saturated carbocycles. The zero-order valence-electron chi connectivity index (χ0n) is 9.65. The lowest BCUT2D eigenvalue weighted by molar-refractivity contribution is -0.0903. The summed E-state index contributed by atoms with van der Waals surface area (Å²) in [5.41, 5.74) is 0.182. The third-order valence-electron chi connectivity index (χ3n) is 3.27. The van der Waals surface area contributed by atoms with Gasteiger partial charge < -0.3 is 25.3 Å². The lowest BCUT2D eigenvalue weighted by Crippen LogP contribution is -2.63. The zero-order valence-corrected chi connectivity index (χ0v) is 9.65. The first-order chi connectivity index (χ1) is 8.56. The van der Waals surface area contributed by atoms with Crippen molar-refractivity contribution in [3.05, 3.63) is 30.1 Å². The van der Waals surface area contributed by atoms with Crippen LogP contribution in [0.5, 0.6) is 0 Å². The Labute approximate surface area is 104 Å². The number of aliphatic hydroxyl groups excluding tert-OH is 4. The summed E-state index contributed by atoms with van der Waals surface area (Å²) < 4.78 is 13.7. The van der Waals surface area contributed by atoms with Crippen molar-refractivity contribution in [2.24, 2.45) is 0 Å². The quantitative estimate of drug-likeness (QED) is 0.551. The highest BCUT2D eigenvalue weighted by Gasteiger charge is 2.41. The van der Waals surface area contributed by atoms with Crippen LogP contribution < -0.4 is 4.90 Å².